The molecular formula is C21H20ClN3O4S. The number of carbonyl (C=O) groups excluding carboxylic acids is 2. The third kappa shape index (κ3) is 4.15. The third-order valence-corrected chi connectivity index (χ3v) is 5.94. The van der Waals surface area contributed by atoms with Crippen LogP contribution in [0.1, 0.15) is 43.9 Å². The quantitative estimate of drug-likeness (QED) is 0.591. The van der Waals surface area contributed by atoms with Gasteiger partial charge in [-0.15, -0.1) is 11.3 Å². The van der Waals surface area contributed by atoms with E-state index in [1.165, 1.54) is 22.1 Å². The highest BCUT2D eigenvalue weighted by Crippen LogP contribution is 2.33. The zero-order chi connectivity index (χ0) is 22.0. The van der Waals surface area contributed by atoms with Crippen molar-refractivity contribution in [1.29, 1.82) is 0 Å². The van der Waals surface area contributed by atoms with E-state index in [-0.39, 0.29) is 17.9 Å². The summed E-state index contributed by atoms with van der Waals surface area (Å²) < 4.78 is 6.54. The molecule has 0 aliphatic carbocycles. The van der Waals surface area contributed by atoms with Crippen LogP contribution < -0.4 is 10.7 Å². The molecule has 0 fully saturated rings. The summed E-state index contributed by atoms with van der Waals surface area (Å²) in [4.78, 5) is 38.6. The number of aryl methyl sites for hydroxylation is 2. The van der Waals surface area contributed by atoms with Crippen molar-refractivity contribution in [2.45, 2.75) is 27.7 Å². The van der Waals surface area contributed by atoms with E-state index in [9.17, 15) is 14.4 Å². The molecule has 0 atom stereocenters. The molecule has 0 saturated carbocycles. The Morgan fingerprint density at radius 3 is 2.60 bits per heavy atom. The fourth-order valence-electron chi connectivity index (χ4n) is 2.90. The monoisotopic (exact) mass is 445 g/mol. The summed E-state index contributed by atoms with van der Waals surface area (Å²) >= 11 is 7.49. The smallest absolute Gasteiger partial charge is 0.341 e. The first kappa shape index (κ1) is 21.7. The summed E-state index contributed by atoms with van der Waals surface area (Å²) in [5.74, 6) is -1.24. The molecule has 1 amide bonds. The van der Waals surface area contributed by atoms with Crippen molar-refractivity contribution in [3.05, 3.63) is 73.0 Å². The molecular weight excluding hydrogens is 426 g/mol. The number of nitrogens with zero attached hydrogens (tertiary/aromatic N) is 2. The number of hydrogen-bond donors (Lipinski definition) is 1. The van der Waals surface area contributed by atoms with Crippen LogP contribution in [-0.4, -0.2) is 28.3 Å². The Balaban J connectivity index is 2.03. The fraction of sp³-hybridized carbons (Fsp3) is 0.238. The molecule has 0 aliphatic rings. The summed E-state index contributed by atoms with van der Waals surface area (Å²) in [6.07, 6.45) is 0. The highest BCUT2D eigenvalue weighted by molar-refractivity contribution is 7.16. The maximum atomic E-state index is 12.9. The third-order valence-electron chi connectivity index (χ3n) is 4.50. The number of ether oxygens (including phenoxy) is 1. The van der Waals surface area contributed by atoms with Gasteiger partial charge in [-0.05, 0) is 45.4 Å². The Bertz CT molecular complexity index is 1200. The molecule has 9 heteroatoms. The first-order valence-electron chi connectivity index (χ1n) is 9.19. The van der Waals surface area contributed by atoms with Crippen molar-refractivity contribution in [1.82, 2.24) is 9.78 Å². The minimum atomic E-state index is -0.715. The van der Waals surface area contributed by atoms with Crippen LogP contribution in [-0.2, 0) is 4.74 Å². The van der Waals surface area contributed by atoms with Gasteiger partial charge >= 0.3 is 5.97 Å². The first-order valence-corrected chi connectivity index (χ1v) is 10.4. The van der Waals surface area contributed by atoms with Gasteiger partial charge in [0.1, 0.15) is 5.00 Å². The SMILES string of the molecule is CCOC(=O)c1c(NC(=O)c2nn(-c3ccccc3Cl)c(C)cc2=O)sc(C)c1C. The fourth-order valence-corrected chi connectivity index (χ4v) is 4.16. The minimum absolute atomic E-state index is 0.211. The number of anilines is 1. The number of halogens is 1. The zero-order valence-electron chi connectivity index (χ0n) is 16.9. The molecule has 0 aliphatic heterocycles. The number of aromatic nitrogens is 2. The van der Waals surface area contributed by atoms with E-state index in [4.69, 9.17) is 16.3 Å². The molecule has 1 N–H and O–H groups in total. The van der Waals surface area contributed by atoms with Gasteiger partial charge in [-0.25, -0.2) is 9.48 Å². The van der Waals surface area contributed by atoms with Gasteiger partial charge in [-0.2, -0.15) is 5.10 Å². The number of hydrogen-bond acceptors (Lipinski definition) is 6. The highest BCUT2D eigenvalue weighted by Gasteiger charge is 2.24. The van der Waals surface area contributed by atoms with E-state index in [0.29, 0.717) is 21.4 Å². The lowest BCUT2D eigenvalue weighted by atomic mass is 10.1. The van der Waals surface area contributed by atoms with E-state index in [0.717, 1.165) is 10.4 Å². The van der Waals surface area contributed by atoms with Gasteiger partial charge in [0.15, 0.2) is 5.69 Å². The molecule has 1 aromatic carbocycles. The van der Waals surface area contributed by atoms with Crippen molar-refractivity contribution in [2.75, 3.05) is 11.9 Å². The van der Waals surface area contributed by atoms with Crippen LogP contribution >= 0.6 is 22.9 Å². The Labute approximate surface area is 182 Å². The predicted octanol–water partition coefficient (Wildman–Crippen LogP) is 4.30. The average Bonchev–Trinajstić information content (AvgIpc) is 2.96. The van der Waals surface area contributed by atoms with E-state index in [1.54, 1.807) is 45.0 Å². The van der Waals surface area contributed by atoms with Gasteiger partial charge in [0.2, 0.25) is 5.43 Å². The van der Waals surface area contributed by atoms with Gasteiger partial charge in [-0.1, -0.05) is 23.7 Å². The molecule has 0 radical (unpaired) electrons. The van der Waals surface area contributed by atoms with E-state index >= 15 is 0 Å². The van der Waals surface area contributed by atoms with Crippen LogP contribution in [0.5, 0.6) is 0 Å². The lowest BCUT2D eigenvalue weighted by Gasteiger charge is -2.12. The number of nitrogens with one attached hydrogen (secondary N) is 1. The average molecular weight is 446 g/mol. The van der Waals surface area contributed by atoms with Crippen molar-refractivity contribution in [3.63, 3.8) is 0 Å². The van der Waals surface area contributed by atoms with Crippen molar-refractivity contribution >= 4 is 39.8 Å². The van der Waals surface area contributed by atoms with Crippen LogP contribution in [0.25, 0.3) is 5.69 Å². The Hall–Kier alpha value is -2.97. The minimum Gasteiger partial charge on any atom is -0.462 e. The second-order valence-electron chi connectivity index (χ2n) is 6.52. The molecule has 3 rings (SSSR count). The molecule has 156 valence electrons. The van der Waals surface area contributed by atoms with Gasteiger partial charge in [0, 0.05) is 16.6 Å². The van der Waals surface area contributed by atoms with Gasteiger partial charge in [-0.3, -0.25) is 9.59 Å². The van der Waals surface area contributed by atoms with Crippen LogP contribution in [0.15, 0.2) is 35.1 Å². The van der Waals surface area contributed by atoms with Gasteiger partial charge in [0.05, 0.1) is 22.9 Å². The Morgan fingerprint density at radius 1 is 1.23 bits per heavy atom. The second-order valence-corrected chi connectivity index (χ2v) is 8.16. The molecule has 7 nitrogen and oxygen atoms in total. The topological polar surface area (TPSA) is 90.3 Å². The molecule has 3 aromatic rings. The summed E-state index contributed by atoms with van der Waals surface area (Å²) in [7, 11) is 0. The van der Waals surface area contributed by atoms with Crippen molar-refractivity contribution < 1.29 is 14.3 Å². The number of benzene rings is 1. The standard InChI is InChI=1S/C21H20ClN3O4S/c1-5-29-21(28)17-12(3)13(4)30-20(17)23-19(27)18-16(26)10-11(2)25(24-18)15-9-7-6-8-14(15)22/h6-10H,5H2,1-4H3,(H,23,27). The van der Waals surface area contributed by atoms with Gasteiger partial charge in [0.25, 0.3) is 5.91 Å². The van der Waals surface area contributed by atoms with E-state index in [2.05, 4.69) is 10.4 Å². The number of para-hydroxylation sites is 1. The van der Waals surface area contributed by atoms with Crippen molar-refractivity contribution in [3.8, 4) is 5.69 Å². The van der Waals surface area contributed by atoms with Gasteiger partial charge < -0.3 is 10.1 Å². The molecule has 2 aromatic heterocycles. The number of thiophene rings is 1. The van der Waals surface area contributed by atoms with E-state index < -0.39 is 17.3 Å². The maximum Gasteiger partial charge on any atom is 0.341 e. The van der Waals surface area contributed by atoms with Crippen LogP contribution in [0.3, 0.4) is 0 Å². The summed E-state index contributed by atoms with van der Waals surface area (Å²) in [5.41, 5.74) is 1.24. The second kappa shape index (κ2) is 8.81. The summed E-state index contributed by atoms with van der Waals surface area (Å²) in [5, 5.41) is 7.63. The molecule has 0 bridgehead atoms. The largest absolute Gasteiger partial charge is 0.462 e. The molecule has 0 unspecified atom stereocenters. The van der Waals surface area contributed by atoms with Crippen LogP contribution in [0.4, 0.5) is 5.00 Å². The Morgan fingerprint density at radius 2 is 1.93 bits per heavy atom. The summed E-state index contributed by atoms with van der Waals surface area (Å²) in [6, 6.07) is 8.30. The lowest BCUT2D eigenvalue weighted by molar-refractivity contribution is 0.0527. The summed E-state index contributed by atoms with van der Waals surface area (Å²) in [6.45, 7) is 7.24. The zero-order valence-corrected chi connectivity index (χ0v) is 18.5. The highest BCUT2D eigenvalue weighted by atomic mass is 35.5. The molecule has 2 heterocycles. The normalized spacial score (nSPS) is 10.7. The van der Waals surface area contributed by atoms with Crippen LogP contribution in [0, 0.1) is 20.8 Å². The molecule has 0 saturated heterocycles. The molecule has 0 spiro atoms. The first-order chi connectivity index (χ1) is 14.2. The predicted molar refractivity (Wildman–Crippen MR) is 117 cm³/mol. The maximum absolute atomic E-state index is 12.9. The van der Waals surface area contributed by atoms with Crippen molar-refractivity contribution in [2.24, 2.45) is 0 Å². The van der Waals surface area contributed by atoms with Crippen LogP contribution in [0.2, 0.25) is 5.02 Å². The number of esters is 1. The number of rotatable bonds is 5. The molecule has 30 heavy (non-hydrogen) atoms. The van der Waals surface area contributed by atoms with E-state index in [1.807, 2.05) is 6.92 Å². The number of carbonyl (C=O) groups is 2. The Kier molecular flexibility index (Phi) is 6.38. The lowest BCUT2D eigenvalue weighted by Crippen LogP contribution is -2.27. The number of amides is 1.